The summed E-state index contributed by atoms with van der Waals surface area (Å²) >= 11 is 3.26. The normalized spacial score (nSPS) is 10.9. The zero-order chi connectivity index (χ0) is 12.7. The van der Waals surface area contributed by atoms with Crippen molar-refractivity contribution in [3.05, 3.63) is 21.9 Å². The van der Waals surface area contributed by atoms with E-state index in [4.69, 9.17) is 5.73 Å². The van der Waals surface area contributed by atoms with Crippen LogP contribution < -0.4 is 5.73 Å². The van der Waals surface area contributed by atoms with E-state index in [-0.39, 0.29) is 5.75 Å². The van der Waals surface area contributed by atoms with Crippen LogP contribution in [0.25, 0.3) is 0 Å². The van der Waals surface area contributed by atoms with Gasteiger partial charge in [-0.1, -0.05) is 11.8 Å². The lowest BCUT2D eigenvalue weighted by molar-refractivity contribution is 0.603. The molecule has 0 saturated carbocycles. The van der Waals surface area contributed by atoms with Gasteiger partial charge in [0.25, 0.3) is 0 Å². The maximum absolute atomic E-state index is 10.9. The lowest BCUT2D eigenvalue weighted by Crippen LogP contribution is -2.04. The second kappa shape index (κ2) is 7.07. The van der Waals surface area contributed by atoms with Crippen molar-refractivity contribution in [1.29, 1.82) is 0 Å². The monoisotopic (exact) mass is 289 g/mol. The third-order valence-corrected chi connectivity index (χ3v) is 5.21. The van der Waals surface area contributed by atoms with Gasteiger partial charge in [-0.15, -0.1) is 11.3 Å². The van der Waals surface area contributed by atoms with Crippen molar-refractivity contribution in [3.63, 3.8) is 0 Å². The smallest absolute Gasteiger partial charge is 0.148 e. The molecule has 0 aliphatic carbocycles. The van der Waals surface area contributed by atoms with Crippen molar-refractivity contribution in [2.45, 2.75) is 5.75 Å². The van der Waals surface area contributed by atoms with Crippen LogP contribution in [0.1, 0.15) is 9.75 Å². The van der Waals surface area contributed by atoms with E-state index in [0.717, 1.165) is 10.6 Å². The summed E-state index contributed by atoms with van der Waals surface area (Å²) in [6.07, 6.45) is 1.26. The number of nitrogens with two attached hydrogens (primary N) is 1. The summed E-state index contributed by atoms with van der Waals surface area (Å²) in [6, 6.07) is 4.00. The molecule has 1 aromatic heterocycles. The molecule has 0 radical (unpaired) electrons. The predicted molar refractivity (Wildman–Crippen MR) is 76.1 cm³/mol. The van der Waals surface area contributed by atoms with Gasteiger partial charge >= 0.3 is 0 Å². The summed E-state index contributed by atoms with van der Waals surface area (Å²) in [5, 5.41) is 0. The quantitative estimate of drug-likeness (QED) is 0.656. The fourth-order valence-corrected chi connectivity index (χ4v) is 4.33. The molecule has 0 unspecified atom stereocenters. The van der Waals surface area contributed by atoms with Gasteiger partial charge in [0.05, 0.1) is 17.2 Å². The first-order chi connectivity index (χ1) is 8.01. The number of rotatable bonds is 5. The largest absolute Gasteiger partial charge is 0.320 e. The fraction of sp³-hybridized carbons (Fsp3) is 0.455. The van der Waals surface area contributed by atoms with Gasteiger partial charge in [-0.2, -0.15) is 11.8 Å². The van der Waals surface area contributed by atoms with Crippen molar-refractivity contribution < 1.29 is 8.42 Å². The first kappa shape index (κ1) is 14.6. The number of sulfone groups is 1. The number of hydrogen-bond donors (Lipinski definition) is 1. The van der Waals surface area contributed by atoms with Crippen LogP contribution in [0.3, 0.4) is 0 Å². The molecule has 0 spiro atoms. The number of thiophene rings is 1. The lowest BCUT2D eigenvalue weighted by Gasteiger charge is -1.97. The second-order valence-corrected chi connectivity index (χ2v) is 7.99. The van der Waals surface area contributed by atoms with Gasteiger partial charge in [0, 0.05) is 22.6 Å². The van der Waals surface area contributed by atoms with Gasteiger partial charge in [0.2, 0.25) is 0 Å². The summed E-state index contributed by atoms with van der Waals surface area (Å²) in [5.41, 5.74) is 5.29. The molecule has 6 heteroatoms. The maximum atomic E-state index is 10.9. The van der Waals surface area contributed by atoms with Crippen LogP contribution in [-0.4, -0.2) is 32.7 Å². The Morgan fingerprint density at radius 1 is 1.47 bits per heavy atom. The van der Waals surface area contributed by atoms with Gasteiger partial charge < -0.3 is 5.73 Å². The zero-order valence-electron chi connectivity index (χ0n) is 9.60. The third-order valence-electron chi connectivity index (χ3n) is 1.82. The van der Waals surface area contributed by atoms with Crippen LogP contribution in [-0.2, 0) is 15.6 Å². The molecule has 1 rings (SSSR count). The Morgan fingerprint density at radius 3 is 2.88 bits per heavy atom. The molecule has 0 aromatic carbocycles. The van der Waals surface area contributed by atoms with E-state index in [9.17, 15) is 8.42 Å². The van der Waals surface area contributed by atoms with E-state index >= 15 is 0 Å². The fourth-order valence-electron chi connectivity index (χ4n) is 1.04. The molecule has 3 nitrogen and oxygen atoms in total. The molecule has 1 heterocycles. The van der Waals surface area contributed by atoms with Crippen molar-refractivity contribution in [2.75, 3.05) is 24.3 Å². The standard InChI is InChI=1S/C11H15NO2S3/c1-17(13,14)8-7-15-9-11-5-4-10(16-11)3-2-6-12/h4-5H,6-9,12H2,1H3. The van der Waals surface area contributed by atoms with E-state index in [1.165, 1.54) is 11.1 Å². The summed E-state index contributed by atoms with van der Waals surface area (Å²) in [7, 11) is -2.84. The highest BCUT2D eigenvalue weighted by molar-refractivity contribution is 8.00. The first-order valence-corrected chi connectivity index (χ1v) is 9.07. The molecule has 0 aliphatic heterocycles. The second-order valence-electron chi connectivity index (χ2n) is 3.45. The molecule has 1 aromatic rings. The Balaban J connectivity index is 2.35. The van der Waals surface area contributed by atoms with E-state index in [1.54, 1.807) is 23.1 Å². The highest BCUT2D eigenvalue weighted by Crippen LogP contribution is 2.21. The van der Waals surface area contributed by atoms with Crippen LogP contribution in [0.4, 0.5) is 0 Å². The molecule has 0 fully saturated rings. The minimum atomic E-state index is -2.84. The van der Waals surface area contributed by atoms with Crippen LogP contribution in [0, 0.1) is 11.8 Å². The Morgan fingerprint density at radius 2 is 2.24 bits per heavy atom. The van der Waals surface area contributed by atoms with Gasteiger partial charge in [-0.05, 0) is 12.1 Å². The van der Waals surface area contributed by atoms with E-state index in [1.807, 2.05) is 12.1 Å². The number of thioether (sulfide) groups is 1. The zero-order valence-corrected chi connectivity index (χ0v) is 12.1. The summed E-state index contributed by atoms with van der Waals surface area (Å²) < 4.78 is 21.8. The lowest BCUT2D eigenvalue weighted by atomic mass is 10.4. The molecule has 94 valence electrons. The molecule has 0 amide bonds. The Bertz CT molecular complexity index is 508. The van der Waals surface area contributed by atoms with Crippen LogP contribution >= 0.6 is 23.1 Å². The topological polar surface area (TPSA) is 60.2 Å². The van der Waals surface area contributed by atoms with Crippen molar-refractivity contribution in [1.82, 2.24) is 0 Å². The van der Waals surface area contributed by atoms with Gasteiger partial charge in [-0.25, -0.2) is 8.42 Å². The predicted octanol–water partition coefficient (Wildman–Crippen LogP) is 1.34. The molecule has 0 bridgehead atoms. The highest BCUT2D eigenvalue weighted by Gasteiger charge is 2.03. The Hall–Kier alpha value is -0.480. The Labute approximate surface area is 111 Å². The first-order valence-electron chi connectivity index (χ1n) is 5.04. The maximum Gasteiger partial charge on any atom is 0.148 e. The van der Waals surface area contributed by atoms with E-state index in [2.05, 4.69) is 11.8 Å². The Kier molecular flexibility index (Phi) is 6.06. The summed E-state index contributed by atoms with van der Waals surface area (Å²) in [4.78, 5) is 2.22. The minimum absolute atomic E-state index is 0.239. The van der Waals surface area contributed by atoms with E-state index in [0.29, 0.717) is 12.3 Å². The van der Waals surface area contributed by atoms with Gasteiger partial charge in [0.1, 0.15) is 9.84 Å². The minimum Gasteiger partial charge on any atom is -0.320 e. The SMILES string of the molecule is CS(=O)(=O)CCSCc1ccc(C#CCN)s1. The van der Waals surface area contributed by atoms with Crippen molar-refractivity contribution in [3.8, 4) is 11.8 Å². The van der Waals surface area contributed by atoms with Crippen molar-refractivity contribution >= 4 is 32.9 Å². The molecule has 0 aliphatic rings. The van der Waals surface area contributed by atoms with Crippen LogP contribution in [0.15, 0.2) is 12.1 Å². The summed E-state index contributed by atoms with van der Waals surface area (Å²) in [6.45, 7) is 0.371. The molecule has 0 atom stereocenters. The third kappa shape index (κ3) is 6.74. The summed E-state index contributed by atoms with van der Waals surface area (Å²) in [5.74, 6) is 7.50. The average Bonchev–Trinajstić information content (AvgIpc) is 2.68. The number of hydrogen-bond acceptors (Lipinski definition) is 5. The van der Waals surface area contributed by atoms with Crippen molar-refractivity contribution in [2.24, 2.45) is 5.73 Å². The highest BCUT2D eigenvalue weighted by atomic mass is 32.2. The molecular weight excluding hydrogens is 274 g/mol. The van der Waals surface area contributed by atoms with Crippen LogP contribution in [0.5, 0.6) is 0 Å². The van der Waals surface area contributed by atoms with E-state index < -0.39 is 9.84 Å². The molecule has 2 N–H and O–H groups in total. The van der Waals surface area contributed by atoms with Gasteiger partial charge in [0.15, 0.2) is 0 Å². The van der Waals surface area contributed by atoms with Gasteiger partial charge in [-0.3, -0.25) is 0 Å². The van der Waals surface area contributed by atoms with Crippen LogP contribution in [0.2, 0.25) is 0 Å². The average molecular weight is 289 g/mol. The molecule has 17 heavy (non-hydrogen) atoms. The molecule has 0 saturated heterocycles. The molecular formula is C11H15NO2S3.